The van der Waals surface area contributed by atoms with E-state index < -0.39 is 24.0 Å². The molecule has 0 radical (unpaired) electrons. The number of carboxylic acids is 1. The van der Waals surface area contributed by atoms with Crippen LogP contribution in [-0.4, -0.2) is 35.0 Å². The summed E-state index contributed by atoms with van der Waals surface area (Å²) in [6.45, 7) is 5.13. The Labute approximate surface area is 141 Å². The maximum atomic E-state index is 12.1. The summed E-state index contributed by atoms with van der Waals surface area (Å²) < 4.78 is 0.817. The molecule has 0 saturated heterocycles. The lowest BCUT2D eigenvalue weighted by Gasteiger charge is -2.22. The van der Waals surface area contributed by atoms with Gasteiger partial charge in [0.2, 0.25) is 5.91 Å². The van der Waals surface area contributed by atoms with Crippen LogP contribution in [0.25, 0.3) is 0 Å². The second-order valence-corrected chi connectivity index (χ2v) is 7.47. The van der Waals surface area contributed by atoms with E-state index in [4.69, 9.17) is 5.11 Å². The minimum Gasteiger partial charge on any atom is -0.480 e. The number of carbonyl (C=O) groups excluding carboxylic acids is 2. The van der Waals surface area contributed by atoms with Crippen molar-refractivity contribution in [3.8, 4) is 0 Å². The summed E-state index contributed by atoms with van der Waals surface area (Å²) in [5, 5.41) is 14.2. The van der Waals surface area contributed by atoms with Gasteiger partial charge in [0.05, 0.1) is 8.66 Å². The van der Waals surface area contributed by atoms with Gasteiger partial charge in [-0.25, -0.2) is 4.79 Å². The van der Waals surface area contributed by atoms with Gasteiger partial charge in [-0.15, -0.1) is 11.3 Å². The van der Waals surface area contributed by atoms with E-state index in [9.17, 15) is 14.4 Å². The van der Waals surface area contributed by atoms with Crippen LogP contribution in [-0.2, 0) is 9.59 Å². The van der Waals surface area contributed by atoms with Gasteiger partial charge in [0, 0.05) is 0 Å². The first-order valence-corrected chi connectivity index (χ1v) is 8.46. The average molecular weight is 391 g/mol. The summed E-state index contributed by atoms with van der Waals surface area (Å²) in [6.07, 6.45) is 0.626. The molecule has 8 heteroatoms. The fourth-order valence-electron chi connectivity index (χ4n) is 1.73. The molecule has 1 aromatic rings. The number of carbonyl (C=O) groups is 3. The highest BCUT2D eigenvalue weighted by Crippen LogP contribution is 2.21. The molecule has 0 aromatic carbocycles. The van der Waals surface area contributed by atoms with E-state index in [0.29, 0.717) is 11.3 Å². The smallest absolute Gasteiger partial charge is 0.326 e. The highest BCUT2D eigenvalue weighted by molar-refractivity contribution is 9.11. The standard InChI is InChI=1S/C14H19BrN2O4S/c1-4-7(2)11(14(20)21)17-12(18)8(3)16-13(19)9-5-6-10(15)22-9/h5-8,11H,4H2,1-3H3,(H,16,19)(H,17,18)(H,20,21)/t7-,8?,11-/m0/s1. The predicted molar refractivity (Wildman–Crippen MR) is 88.0 cm³/mol. The van der Waals surface area contributed by atoms with E-state index in [-0.39, 0.29) is 11.8 Å². The topological polar surface area (TPSA) is 95.5 Å². The fourth-order valence-corrected chi connectivity index (χ4v) is 3.02. The number of rotatable bonds is 7. The normalized spacial score (nSPS) is 14.7. The van der Waals surface area contributed by atoms with Crippen LogP contribution in [0.2, 0.25) is 0 Å². The van der Waals surface area contributed by atoms with Gasteiger partial charge in [0.15, 0.2) is 0 Å². The molecule has 1 unspecified atom stereocenters. The van der Waals surface area contributed by atoms with E-state index in [2.05, 4.69) is 26.6 Å². The molecule has 0 spiro atoms. The zero-order valence-electron chi connectivity index (χ0n) is 12.6. The van der Waals surface area contributed by atoms with Crippen LogP contribution in [0.15, 0.2) is 15.9 Å². The number of thiophene rings is 1. The van der Waals surface area contributed by atoms with Crippen LogP contribution in [0.3, 0.4) is 0 Å². The molecule has 1 heterocycles. The second kappa shape index (κ2) is 8.28. The van der Waals surface area contributed by atoms with Crippen molar-refractivity contribution >= 4 is 45.1 Å². The molecule has 122 valence electrons. The molecule has 0 bridgehead atoms. The van der Waals surface area contributed by atoms with Gasteiger partial charge in [-0.2, -0.15) is 0 Å². The molecule has 0 aliphatic heterocycles. The number of aliphatic carboxylic acids is 1. The average Bonchev–Trinajstić information content (AvgIpc) is 2.89. The van der Waals surface area contributed by atoms with Crippen molar-refractivity contribution in [2.45, 2.75) is 39.3 Å². The van der Waals surface area contributed by atoms with Crippen LogP contribution in [0, 0.1) is 5.92 Å². The Kier molecular flexibility index (Phi) is 7.02. The van der Waals surface area contributed by atoms with Gasteiger partial charge >= 0.3 is 5.97 Å². The third kappa shape index (κ3) is 5.10. The Hall–Kier alpha value is -1.41. The largest absolute Gasteiger partial charge is 0.480 e. The van der Waals surface area contributed by atoms with Crippen LogP contribution in [0.1, 0.15) is 36.9 Å². The zero-order valence-corrected chi connectivity index (χ0v) is 15.0. The van der Waals surface area contributed by atoms with E-state index in [1.807, 2.05) is 6.92 Å². The summed E-state index contributed by atoms with van der Waals surface area (Å²) in [5.74, 6) is -2.16. The molecule has 0 aliphatic rings. The number of carboxylic acid groups (broad SMARTS) is 1. The molecular formula is C14H19BrN2O4S. The summed E-state index contributed by atoms with van der Waals surface area (Å²) >= 11 is 4.52. The number of amides is 2. The van der Waals surface area contributed by atoms with Gasteiger partial charge in [-0.1, -0.05) is 20.3 Å². The Morgan fingerprint density at radius 2 is 1.91 bits per heavy atom. The molecule has 1 rings (SSSR count). The second-order valence-electron chi connectivity index (χ2n) is 5.01. The molecule has 0 saturated carbocycles. The van der Waals surface area contributed by atoms with Crippen molar-refractivity contribution in [2.24, 2.45) is 5.92 Å². The minimum absolute atomic E-state index is 0.197. The summed E-state index contributed by atoms with van der Waals surface area (Å²) in [5.41, 5.74) is 0. The van der Waals surface area contributed by atoms with Crippen molar-refractivity contribution < 1.29 is 19.5 Å². The number of halogens is 1. The fraction of sp³-hybridized carbons (Fsp3) is 0.500. The zero-order chi connectivity index (χ0) is 16.9. The molecule has 0 aliphatic carbocycles. The lowest BCUT2D eigenvalue weighted by Crippen LogP contribution is -2.52. The minimum atomic E-state index is -1.08. The van der Waals surface area contributed by atoms with E-state index >= 15 is 0 Å². The molecule has 3 N–H and O–H groups in total. The molecular weight excluding hydrogens is 372 g/mol. The SMILES string of the molecule is CC[C@H](C)[C@H](NC(=O)C(C)NC(=O)c1ccc(Br)s1)C(=O)O. The summed E-state index contributed by atoms with van der Waals surface area (Å²) in [6, 6.07) is 1.61. The highest BCUT2D eigenvalue weighted by atomic mass is 79.9. The van der Waals surface area contributed by atoms with Crippen molar-refractivity contribution in [3.63, 3.8) is 0 Å². The third-order valence-electron chi connectivity index (χ3n) is 3.31. The first-order chi connectivity index (χ1) is 10.3. The van der Waals surface area contributed by atoms with Gasteiger partial charge in [-0.05, 0) is 40.9 Å². The molecule has 2 amide bonds. The van der Waals surface area contributed by atoms with Gasteiger partial charge < -0.3 is 15.7 Å². The van der Waals surface area contributed by atoms with E-state index in [1.165, 1.54) is 18.3 Å². The lowest BCUT2D eigenvalue weighted by molar-refractivity contribution is -0.143. The molecule has 3 atom stereocenters. The first-order valence-electron chi connectivity index (χ1n) is 6.85. The number of hydrogen-bond donors (Lipinski definition) is 3. The number of nitrogens with one attached hydrogen (secondary N) is 2. The van der Waals surface area contributed by atoms with Crippen LogP contribution in [0.5, 0.6) is 0 Å². The van der Waals surface area contributed by atoms with Gasteiger partial charge in [0.25, 0.3) is 5.91 Å². The Bertz CT molecular complexity index is 561. The van der Waals surface area contributed by atoms with Crippen molar-refractivity contribution in [3.05, 3.63) is 20.8 Å². The van der Waals surface area contributed by atoms with Gasteiger partial charge in [0.1, 0.15) is 12.1 Å². The Morgan fingerprint density at radius 1 is 1.27 bits per heavy atom. The maximum Gasteiger partial charge on any atom is 0.326 e. The van der Waals surface area contributed by atoms with Crippen molar-refractivity contribution in [1.29, 1.82) is 0 Å². The summed E-state index contributed by atoms with van der Waals surface area (Å²) in [4.78, 5) is 35.7. The summed E-state index contributed by atoms with van der Waals surface area (Å²) in [7, 11) is 0. The van der Waals surface area contributed by atoms with Crippen LogP contribution >= 0.6 is 27.3 Å². The quantitative estimate of drug-likeness (QED) is 0.664. The first kappa shape index (κ1) is 18.6. The highest BCUT2D eigenvalue weighted by Gasteiger charge is 2.27. The molecule has 6 nitrogen and oxygen atoms in total. The van der Waals surface area contributed by atoms with Crippen LogP contribution < -0.4 is 10.6 Å². The lowest BCUT2D eigenvalue weighted by atomic mass is 9.99. The number of hydrogen-bond acceptors (Lipinski definition) is 4. The monoisotopic (exact) mass is 390 g/mol. The van der Waals surface area contributed by atoms with E-state index in [1.54, 1.807) is 19.1 Å². The van der Waals surface area contributed by atoms with Crippen LogP contribution in [0.4, 0.5) is 0 Å². The molecule has 1 aromatic heterocycles. The maximum absolute atomic E-state index is 12.1. The van der Waals surface area contributed by atoms with Crippen molar-refractivity contribution in [1.82, 2.24) is 10.6 Å². The van der Waals surface area contributed by atoms with Crippen molar-refractivity contribution in [2.75, 3.05) is 0 Å². The Morgan fingerprint density at radius 3 is 2.36 bits per heavy atom. The van der Waals surface area contributed by atoms with Gasteiger partial charge in [-0.3, -0.25) is 9.59 Å². The predicted octanol–water partition coefficient (Wildman–Crippen LogP) is 2.24. The Balaban J connectivity index is 2.64. The van der Waals surface area contributed by atoms with E-state index in [0.717, 1.165) is 3.79 Å². The molecule has 0 fully saturated rings. The molecule has 22 heavy (non-hydrogen) atoms. The third-order valence-corrected chi connectivity index (χ3v) is 4.94.